The van der Waals surface area contributed by atoms with Crippen molar-refractivity contribution in [2.75, 3.05) is 20.1 Å². The molecule has 0 amide bonds. The van der Waals surface area contributed by atoms with Crippen LogP contribution in [-0.4, -0.2) is 25.0 Å². The summed E-state index contributed by atoms with van der Waals surface area (Å²) in [7, 11) is 2.19. The Morgan fingerprint density at radius 1 is 1.00 bits per heavy atom. The van der Waals surface area contributed by atoms with E-state index in [1.807, 2.05) is 0 Å². The van der Waals surface area contributed by atoms with Gasteiger partial charge < -0.3 is 4.90 Å². The van der Waals surface area contributed by atoms with E-state index in [1.54, 1.807) is 0 Å². The number of nitrogens with zero attached hydrogens (tertiary/aromatic N) is 1. The van der Waals surface area contributed by atoms with E-state index >= 15 is 0 Å². The van der Waals surface area contributed by atoms with Crippen LogP contribution < -0.4 is 0 Å². The molecule has 0 atom stereocenters. The molecule has 0 saturated carbocycles. The number of hydrogen-bond acceptors (Lipinski definition) is 1. The van der Waals surface area contributed by atoms with E-state index < -0.39 is 0 Å². The summed E-state index contributed by atoms with van der Waals surface area (Å²) in [5.41, 5.74) is 0. The molecule has 0 N–H and O–H groups in total. The molecule has 1 aliphatic heterocycles. The number of hydrogen-bond donors (Lipinski definition) is 0. The van der Waals surface area contributed by atoms with Gasteiger partial charge in [-0.1, -0.05) is 6.42 Å². The van der Waals surface area contributed by atoms with Crippen LogP contribution in [0.3, 0.4) is 0 Å². The Bertz CT molecular complexity index is 46.1. The van der Waals surface area contributed by atoms with Crippen molar-refractivity contribution in [2.45, 2.75) is 19.3 Å². The Morgan fingerprint density at radius 3 is 1.86 bits per heavy atom. The summed E-state index contributed by atoms with van der Waals surface area (Å²) in [5.74, 6) is 0. The number of likely N-dealkylation sites (tertiary alicyclic amines) is 1. The minimum absolute atomic E-state index is 1.32. The molecule has 1 nitrogen and oxygen atoms in total. The highest BCUT2D eigenvalue weighted by Gasteiger charge is 2.02. The zero-order chi connectivity index (χ0) is 5.11. The van der Waals surface area contributed by atoms with Crippen LogP contribution in [0.5, 0.6) is 0 Å². The predicted octanol–water partition coefficient (Wildman–Crippen LogP) is 1.10. The fourth-order valence-corrected chi connectivity index (χ4v) is 1.05. The molecule has 0 aromatic heterocycles. The van der Waals surface area contributed by atoms with Crippen molar-refractivity contribution in [1.82, 2.24) is 4.90 Å². The molecule has 1 heterocycles. The van der Waals surface area contributed by atoms with E-state index in [0.29, 0.717) is 0 Å². The topological polar surface area (TPSA) is 3.24 Å². The lowest BCUT2D eigenvalue weighted by molar-refractivity contribution is 0.277. The third-order valence-corrected chi connectivity index (χ3v) is 1.58. The molecule has 0 aromatic rings. The van der Waals surface area contributed by atoms with E-state index in [2.05, 4.69) is 11.9 Å². The average molecular weight is 103 g/mol. The first-order valence-corrected chi connectivity index (χ1v) is 3.08. The monoisotopic (exact) mass is 103 g/mol. The van der Waals surface area contributed by atoms with E-state index in [9.17, 15) is 0 Å². The summed E-state index contributed by atoms with van der Waals surface area (Å²) in [6.07, 6.45) is 4.28. The van der Waals surface area contributed by atoms with Gasteiger partial charge in [0, 0.05) is 0 Å². The predicted molar refractivity (Wildman–Crippen MR) is 31.3 cm³/mol. The lowest BCUT2D eigenvalue weighted by Gasteiger charge is -2.20. The second kappa shape index (κ2) is 2.31. The van der Waals surface area contributed by atoms with E-state index in [-0.39, 0.29) is 0 Å². The fourth-order valence-electron chi connectivity index (χ4n) is 1.05. The summed E-state index contributed by atoms with van der Waals surface area (Å²) < 4.78 is 0. The quantitative estimate of drug-likeness (QED) is 0.415. The summed E-state index contributed by atoms with van der Waals surface area (Å²) in [6, 6.07) is 0. The van der Waals surface area contributed by atoms with Gasteiger partial charge in [-0.3, -0.25) is 0 Å². The molecule has 0 bridgehead atoms. The Balaban J connectivity index is 2.12. The molecule has 0 aromatic carbocycles. The molecular formula is C6H13N. The maximum absolute atomic E-state index is 2.39. The lowest BCUT2D eigenvalue weighted by atomic mass is 10.7. The van der Waals surface area contributed by atoms with Crippen LogP contribution in [0, 0.1) is 0 Å². The Morgan fingerprint density at radius 2 is 1.57 bits per heavy atom. The molecule has 1 fully saturated rings. The minimum Gasteiger partial charge on any atom is -0.306 e. The fraction of sp³-hybridized carbons (Fsp3) is 1.00. The van der Waals surface area contributed by atoms with E-state index in [1.165, 1.54) is 32.4 Å². The van der Waals surface area contributed by atoms with Crippen LogP contribution in [0.1, 0.15) is 19.3 Å². The number of rotatable bonds is 0. The van der Waals surface area contributed by atoms with Crippen LogP contribution >= 0.6 is 0 Å². The maximum atomic E-state index is 2.39. The lowest BCUT2D eigenvalue weighted by Crippen LogP contribution is -2.24. The van der Waals surface area contributed by atoms with Crippen molar-refractivity contribution in [3.63, 3.8) is 0 Å². The summed E-state index contributed by atoms with van der Waals surface area (Å²) in [5, 5.41) is 0. The average Bonchev–Trinajstić information content (AvgIpc) is 1.69. The van der Waals surface area contributed by atoms with Crippen LogP contribution in [0.2, 0.25) is 0 Å². The molecule has 1 saturated heterocycles. The first-order valence-electron chi connectivity index (χ1n) is 3.08. The van der Waals surface area contributed by atoms with Gasteiger partial charge in [0.2, 0.25) is 0 Å². The summed E-state index contributed by atoms with van der Waals surface area (Å²) in [4.78, 5) is 2.39. The van der Waals surface area contributed by atoms with Crippen LogP contribution in [0.25, 0.3) is 0 Å². The second-order valence-corrected chi connectivity index (χ2v) is 2.36. The second-order valence-electron chi connectivity index (χ2n) is 2.36. The normalized spacial score (nSPS) is 25.3. The molecule has 0 radical (unpaired) electrons. The molecule has 42 valence electrons. The molecule has 1 aliphatic rings. The minimum atomic E-state index is 1.32. The molecule has 0 aliphatic carbocycles. The largest absolute Gasteiger partial charge is 0.306 e. The summed E-state index contributed by atoms with van der Waals surface area (Å²) in [6.45, 7) is 2.64. The third-order valence-electron chi connectivity index (χ3n) is 1.58. The van der Waals surface area contributed by atoms with Gasteiger partial charge in [-0.05, 0) is 33.0 Å². The SMILES string of the molecule is CN1[13CH2][13CH2]C[13CH2][13CH2]1. The number of piperidine rings is 1. The summed E-state index contributed by atoms with van der Waals surface area (Å²) >= 11 is 0. The van der Waals surface area contributed by atoms with Crippen molar-refractivity contribution in [1.29, 1.82) is 0 Å². The van der Waals surface area contributed by atoms with Crippen molar-refractivity contribution >= 4 is 0 Å². The maximum Gasteiger partial charge on any atom is -0.00218 e. The van der Waals surface area contributed by atoms with Crippen molar-refractivity contribution in [2.24, 2.45) is 0 Å². The van der Waals surface area contributed by atoms with Crippen LogP contribution in [0.15, 0.2) is 0 Å². The molecule has 1 heteroatoms. The first-order chi connectivity index (χ1) is 3.39. The Kier molecular flexibility index (Phi) is 1.69. The van der Waals surface area contributed by atoms with Gasteiger partial charge in [0.15, 0.2) is 0 Å². The van der Waals surface area contributed by atoms with Crippen molar-refractivity contribution < 1.29 is 0 Å². The zero-order valence-corrected chi connectivity index (χ0v) is 4.98. The van der Waals surface area contributed by atoms with Gasteiger partial charge >= 0.3 is 0 Å². The van der Waals surface area contributed by atoms with Gasteiger partial charge in [0.05, 0.1) is 0 Å². The van der Waals surface area contributed by atoms with Gasteiger partial charge in [0.1, 0.15) is 0 Å². The smallest absolute Gasteiger partial charge is 0.00218 e. The Labute approximate surface area is 45.3 Å². The van der Waals surface area contributed by atoms with E-state index in [0.717, 1.165) is 0 Å². The van der Waals surface area contributed by atoms with E-state index in [4.69, 9.17) is 0 Å². The van der Waals surface area contributed by atoms with Crippen LogP contribution in [0.4, 0.5) is 0 Å². The van der Waals surface area contributed by atoms with Gasteiger partial charge in [0.25, 0.3) is 0 Å². The molecule has 0 spiro atoms. The molecule has 1 rings (SSSR count). The molecule has 7 heavy (non-hydrogen) atoms. The van der Waals surface area contributed by atoms with Crippen molar-refractivity contribution in [3.05, 3.63) is 0 Å². The van der Waals surface area contributed by atoms with Gasteiger partial charge in [-0.2, -0.15) is 0 Å². The highest BCUT2D eigenvalue weighted by atomic mass is 15.4. The zero-order valence-electron chi connectivity index (χ0n) is 4.98. The van der Waals surface area contributed by atoms with Gasteiger partial charge in [-0.25, -0.2) is 0 Å². The highest BCUT2D eigenvalue weighted by Crippen LogP contribution is 2.04. The third kappa shape index (κ3) is 1.48. The highest BCUT2D eigenvalue weighted by molar-refractivity contribution is 4.58. The molecule has 0 unspecified atom stereocenters. The van der Waals surface area contributed by atoms with Crippen molar-refractivity contribution in [3.8, 4) is 0 Å². The Hall–Kier alpha value is -0.0400. The van der Waals surface area contributed by atoms with Gasteiger partial charge in [-0.15, -0.1) is 0 Å². The molecular weight excluding hydrogens is 90.0 g/mol. The van der Waals surface area contributed by atoms with Crippen LogP contribution in [-0.2, 0) is 0 Å². The first kappa shape index (κ1) is 5.10. The standard InChI is InChI=1S/C6H13N/c1-7-5-3-2-4-6-7/h2-6H2,1H3/i3+1,4+1,5+1,6+1.